The van der Waals surface area contributed by atoms with Gasteiger partial charge in [-0.1, -0.05) is 42.5 Å². The van der Waals surface area contributed by atoms with Crippen molar-refractivity contribution < 1.29 is 9.53 Å². The molecule has 2 N–H and O–H groups in total. The molecule has 5 nitrogen and oxygen atoms in total. The summed E-state index contributed by atoms with van der Waals surface area (Å²) in [6.07, 6.45) is 1.85. The van der Waals surface area contributed by atoms with Crippen LogP contribution < -0.4 is 15.4 Å². The summed E-state index contributed by atoms with van der Waals surface area (Å²) in [5.74, 6) is 0.867. The van der Waals surface area contributed by atoms with Gasteiger partial charge in [-0.25, -0.2) is 4.79 Å². The van der Waals surface area contributed by atoms with E-state index in [1.807, 2.05) is 24.3 Å². The Balaban J connectivity index is 1.33. The Kier molecular flexibility index (Phi) is 5.27. The highest BCUT2D eigenvalue weighted by Gasteiger charge is 2.30. The summed E-state index contributed by atoms with van der Waals surface area (Å²) < 4.78 is 5.68. The maximum Gasteiger partial charge on any atom is 0.315 e. The van der Waals surface area contributed by atoms with Crippen molar-refractivity contribution in [3.63, 3.8) is 0 Å². The van der Waals surface area contributed by atoms with Gasteiger partial charge in [-0.2, -0.15) is 0 Å². The van der Waals surface area contributed by atoms with Crippen LogP contribution in [0.2, 0.25) is 0 Å². The van der Waals surface area contributed by atoms with E-state index in [4.69, 9.17) is 4.74 Å². The SMILES string of the molecule is CC(C)(CNC(=O)NC1CCOc2ccccc21)N1CCc2ccccc2C1. The number of hydrogen-bond donors (Lipinski definition) is 2. The molecule has 2 amide bonds. The molecule has 0 aliphatic carbocycles. The van der Waals surface area contributed by atoms with Crippen LogP contribution in [0.5, 0.6) is 5.75 Å². The first-order chi connectivity index (χ1) is 13.5. The summed E-state index contributed by atoms with van der Waals surface area (Å²) >= 11 is 0. The first-order valence-electron chi connectivity index (χ1n) is 10.1. The van der Waals surface area contributed by atoms with Crippen LogP contribution in [-0.4, -0.2) is 36.2 Å². The molecule has 2 aliphatic rings. The standard InChI is InChI=1S/C23H29N3O2/c1-23(2,26-13-11-17-7-3-4-8-18(17)15-26)16-24-22(27)25-20-12-14-28-21-10-6-5-9-19(20)21/h3-10,20H,11-16H2,1-2H3,(H2,24,25,27). The van der Waals surface area contributed by atoms with Gasteiger partial charge in [-0.3, -0.25) is 4.90 Å². The van der Waals surface area contributed by atoms with Crippen LogP contribution in [0.1, 0.15) is 43.0 Å². The zero-order valence-electron chi connectivity index (χ0n) is 16.7. The third-order valence-corrected chi connectivity index (χ3v) is 5.93. The number of carbonyl (C=O) groups is 1. The summed E-state index contributed by atoms with van der Waals surface area (Å²) in [6.45, 7) is 7.57. The lowest BCUT2D eigenvalue weighted by molar-refractivity contribution is 0.104. The quantitative estimate of drug-likeness (QED) is 0.853. The average molecular weight is 380 g/mol. The van der Waals surface area contributed by atoms with Gasteiger partial charge in [-0.15, -0.1) is 0 Å². The Morgan fingerprint density at radius 2 is 1.89 bits per heavy atom. The Morgan fingerprint density at radius 3 is 2.75 bits per heavy atom. The minimum absolute atomic E-state index is 0.00470. The highest BCUT2D eigenvalue weighted by Crippen LogP contribution is 2.31. The Hall–Kier alpha value is -2.53. The zero-order valence-corrected chi connectivity index (χ0v) is 16.7. The fourth-order valence-corrected chi connectivity index (χ4v) is 4.12. The third kappa shape index (κ3) is 3.99. The summed E-state index contributed by atoms with van der Waals surface area (Å²) in [7, 11) is 0. The van der Waals surface area contributed by atoms with E-state index in [2.05, 4.69) is 53.6 Å². The molecule has 0 spiro atoms. The second-order valence-corrected chi connectivity index (χ2v) is 8.31. The molecule has 1 atom stereocenters. The van der Waals surface area contributed by atoms with Crippen LogP contribution in [-0.2, 0) is 13.0 Å². The topological polar surface area (TPSA) is 53.6 Å². The molecule has 0 radical (unpaired) electrons. The minimum atomic E-state index is -0.118. The number of amides is 2. The van der Waals surface area contributed by atoms with Gasteiger partial charge >= 0.3 is 6.03 Å². The van der Waals surface area contributed by atoms with E-state index in [9.17, 15) is 4.79 Å². The van der Waals surface area contributed by atoms with Crippen molar-refractivity contribution >= 4 is 6.03 Å². The van der Waals surface area contributed by atoms with Crippen LogP contribution in [0.3, 0.4) is 0 Å². The van der Waals surface area contributed by atoms with Crippen molar-refractivity contribution in [2.75, 3.05) is 19.7 Å². The number of carbonyl (C=O) groups excluding carboxylic acids is 1. The molecule has 4 rings (SSSR count). The van der Waals surface area contributed by atoms with Crippen LogP contribution in [0, 0.1) is 0 Å². The first-order valence-corrected chi connectivity index (χ1v) is 10.1. The Morgan fingerprint density at radius 1 is 1.14 bits per heavy atom. The summed E-state index contributed by atoms with van der Waals surface area (Å²) in [4.78, 5) is 15.0. The summed E-state index contributed by atoms with van der Waals surface area (Å²) in [6, 6.07) is 16.4. The van der Waals surface area contributed by atoms with E-state index in [0.717, 1.165) is 37.2 Å². The van der Waals surface area contributed by atoms with Crippen molar-refractivity contribution in [1.29, 1.82) is 0 Å². The van der Waals surface area contributed by atoms with E-state index in [1.165, 1.54) is 11.1 Å². The molecule has 2 aromatic rings. The van der Waals surface area contributed by atoms with Gasteiger partial charge in [0.15, 0.2) is 0 Å². The predicted octanol–water partition coefficient (Wildman–Crippen LogP) is 3.65. The number of para-hydroxylation sites is 1. The molecule has 0 aromatic heterocycles. The predicted molar refractivity (Wildman–Crippen MR) is 110 cm³/mol. The molecule has 2 heterocycles. The molecule has 1 unspecified atom stereocenters. The number of ether oxygens (including phenoxy) is 1. The molecule has 0 saturated heterocycles. The smallest absolute Gasteiger partial charge is 0.315 e. The lowest BCUT2D eigenvalue weighted by Crippen LogP contribution is -2.54. The molecular formula is C23H29N3O2. The largest absolute Gasteiger partial charge is 0.493 e. The lowest BCUT2D eigenvalue weighted by Gasteiger charge is -2.41. The molecule has 0 fully saturated rings. The van der Waals surface area contributed by atoms with E-state index in [-0.39, 0.29) is 17.6 Å². The first kappa shape index (κ1) is 18.8. The normalized spacial score (nSPS) is 19.1. The molecule has 2 aliphatic heterocycles. The molecule has 148 valence electrons. The van der Waals surface area contributed by atoms with Gasteiger partial charge in [0.25, 0.3) is 0 Å². The van der Waals surface area contributed by atoms with Gasteiger partial charge in [0.1, 0.15) is 5.75 Å². The van der Waals surface area contributed by atoms with Gasteiger partial charge in [0, 0.05) is 37.2 Å². The van der Waals surface area contributed by atoms with Crippen molar-refractivity contribution in [1.82, 2.24) is 15.5 Å². The molecular weight excluding hydrogens is 350 g/mol. The van der Waals surface area contributed by atoms with Crippen LogP contribution in [0.4, 0.5) is 4.79 Å². The van der Waals surface area contributed by atoms with E-state index in [1.54, 1.807) is 0 Å². The molecule has 0 saturated carbocycles. The lowest BCUT2D eigenvalue weighted by atomic mass is 9.94. The Labute approximate surface area is 167 Å². The number of fused-ring (bicyclic) bond motifs is 2. The van der Waals surface area contributed by atoms with Gasteiger partial charge < -0.3 is 15.4 Å². The number of hydrogen-bond acceptors (Lipinski definition) is 3. The summed E-state index contributed by atoms with van der Waals surface area (Å²) in [5.41, 5.74) is 3.78. The monoisotopic (exact) mass is 379 g/mol. The second-order valence-electron chi connectivity index (χ2n) is 8.31. The minimum Gasteiger partial charge on any atom is -0.493 e. The van der Waals surface area contributed by atoms with Crippen molar-refractivity contribution in [2.24, 2.45) is 0 Å². The number of nitrogens with zero attached hydrogens (tertiary/aromatic N) is 1. The van der Waals surface area contributed by atoms with Gasteiger partial charge in [-0.05, 0) is 37.5 Å². The highest BCUT2D eigenvalue weighted by atomic mass is 16.5. The van der Waals surface area contributed by atoms with E-state index < -0.39 is 0 Å². The van der Waals surface area contributed by atoms with Crippen LogP contribution in [0.15, 0.2) is 48.5 Å². The number of nitrogens with one attached hydrogen (secondary N) is 2. The molecule has 28 heavy (non-hydrogen) atoms. The van der Waals surface area contributed by atoms with E-state index in [0.29, 0.717) is 13.2 Å². The third-order valence-electron chi connectivity index (χ3n) is 5.93. The van der Waals surface area contributed by atoms with Gasteiger partial charge in [0.05, 0.1) is 12.6 Å². The fourth-order valence-electron chi connectivity index (χ4n) is 4.12. The molecule has 0 bridgehead atoms. The maximum absolute atomic E-state index is 12.6. The molecule has 2 aromatic carbocycles. The van der Waals surface area contributed by atoms with Crippen molar-refractivity contribution in [3.05, 3.63) is 65.2 Å². The van der Waals surface area contributed by atoms with Crippen LogP contribution in [0.25, 0.3) is 0 Å². The fraction of sp³-hybridized carbons (Fsp3) is 0.435. The van der Waals surface area contributed by atoms with E-state index >= 15 is 0 Å². The Bertz CT molecular complexity index is 849. The van der Waals surface area contributed by atoms with Crippen molar-refractivity contribution in [2.45, 2.75) is 44.8 Å². The highest BCUT2D eigenvalue weighted by molar-refractivity contribution is 5.74. The maximum atomic E-state index is 12.6. The number of benzene rings is 2. The number of urea groups is 1. The van der Waals surface area contributed by atoms with Gasteiger partial charge in [0.2, 0.25) is 0 Å². The summed E-state index contributed by atoms with van der Waals surface area (Å²) in [5, 5.41) is 6.21. The second kappa shape index (κ2) is 7.84. The van der Waals surface area contributed by atoms with Crippen molar-refractivity contribution in [3.8, 4) is 5.75 Å². The van der Waals surface area contributed by atoms with Crippen LogP contribution >= 0.6 is 0 Å². The average Bonchev–Trinajstić information content (AvgIpc) is 2.72. The molecule has 5 heteroatoms. The number of rotatable bonds is 4. The zero-order chi connectivity index (χ0) is 19.6.